The molecule has 0 bridgehead atoms. The first-order valence-electron chi connectivity index (χ1n) is 2.76. The predicted octanol–water partition coefficient (Wildman–Crippen LogP) is 2.44. The molecule has 0 aromatic carbocycles. The van der Waals surface area contributed by atoms with Gasteiger partial charge in [0, 0.05) is 0 Å². The summed E-state index contributed by atoms with van der Waals surface area (Å²) in [5, 5.41) is 0. The van der Waals surface area contributed by atoms with Gasteiger partial charge in [-0.15, -0.1) is 0 Å². The van der Waals surface area contributed by atoms with Crippen LogP contribution in [-0.4, -0.2) is 0 Å². The highest BCUT2D eigenvalue weighted by atomic mass is 19.1. The van der Waals surface area contributed by atoms with E-state index in [1.165, 1.54) is 6.08 Å². The lowest BCUT2D eigenvalue weighted by atomic mass is 10.1. The Balaban J connectivity index is 2.85. The molecule has 0 saturated heterocycles. The molecular formula is C7H9F. The first-order chi connectivity index (χ1) is 3.72. The Morgan fingerprint density at radius 2 is 2.25 bits per heavy atom. The number of hydrogen-bond donors (Lipinski definition) is 0. The average Bonchev–Trinajstić information content (AvgIpc) is 1.98. The van der Waals surface area contributed by atoms with Crippen molar-refractivity contribution in [2.24, 2.45) is 5.92 Å². The summed E-state index contributed by atoms with van der Waals surface area (Å²) in [5.74, 6) is 0.257. The van der Waals surface area contributed by atoms with Gasteiger partial charge in [-0.1, -0.05) is 13.0 Å². The minimum Gasteiger partial charge on any atom is -0.207 e. The maximum absolute atomic E-state index is 12.4. The third-order valence-electron chi connectivity index (χ3n) is 1.59. The first-order valence-corrected chi connectivity index (χ1v) is 2.76. The summed E-state index contributed by atoms with van der Waals surface area (Å²) in [6, 6.07) is 0. The van der Waals surface area contributed by atoms with Crippen molar-refractivity contribution in [2.75, 3.05) is 0 Å². The van der Waals surface area contributed by atoms with Crippen LogP contribution in [0, 0.1) is 5.92 Å². The van der Waals surface area contributed by atoms with Crippen molar-refractivity contribution in [1.29, 1.82) is 0 Å². The molecule has 0 nitrogen and oxygen atoms in total. The van der Waals surface area contributed by atoms with E-state index in [1.807, 2.05) is 19.9 Å². The molecule has 0 heterocycles. The van der Waals surface area contributed by atoms with Crippen LogP contribution in [0.25, 0.3) is 0 Å². The molecule has 8 heavy (non-hydrogen) atoms. The van der Waals surface area contributed by atoms with E-state index in [2.05, 4.69) is 0 Å². The second-order valence-corrected chi connectivity index (χ2v) is 2.18. The maximum atomic E-state index is 12.4. The van der Waals surface area contributed by atoms with E-state index < -0.39 is 0 Å². The summed E-state index contributed by atoms with van der Waals surface area (Å²) in [7, 11) is 0. The molecule has 0 saturated carbocycles. The van der Waals surface area contributed by atoms with Crippen molar-refractivity contribution in [3.05, 3.63) is 23.6 Å². The Kier molecular flexibility index (Phi) is 1.20. The van der Waals surface area contributed by atoms with Gasteiger partial charge in [-0.3, -0.25) is 0 Å². The standard InChI is InChI=1S/C7H9F/c1-5-3-4-7(8)6(5)2/h3-5H,1-2H3. The van der Waals surface area contributed by atoms with E-state index >= 15 is 0 Å². The summed E-state index contributed by atoms with van der Waals surface area (Å²) < 4.78 is 12.4. The Labute approximate surface area is 48.7 Å². The maximum Gasteiger partial charge on any atom is 0.122 e. The largest absolute Gasteiger partial charge is 0.207 e. The second kappa shape index (κ2) is 1.73. The Morgan fingerprint density at radius 1 is 1.62 bits per heavy atom. The molecule has 1 unspecified atom stereocenters. The van der Waals surface area contributed by atoms with Crippen molar-refractivity contribution >= 4 is 0 Å². The average molecular weight is 112 g/mol. The van der Waals surface area contributed by atoms with Crippen molar-refractivity contribution in [1.82, 2.24) is 0 Å². The lowest BCUT2D eigenvalue weighted by molar-refractivity contribution is 0.649. The van der Waals surface area contributed by atoms with Crippen molar-refractivity contribution in [3.8, 4) is 0 Å². The van der Waals surface area contributed by atoms with Crippen molar-refractivity contribution < 1.29 is 4.39 Å². The van der Waals surface area contributed by atoms with E-state index in [1.54, 1.807) is 0 Å². The van der Waals surface area contributed by atoms with Crippen molar-refractivity contribution in [3.63, 3.8) is 0 Å². The summed E-state index contributed by atoms with van der Waals surface area (Å²) in [4.78, 5) is 0. The molecule has 0 amide bonds. The molecule has 1 aliphatic carbocycles. The minimum absolute atomic E-state index is 0.0579. The zero-order chi connectivity index (χ0) is 6.15. The number of allylic oxidation sites excluding steroid dienone is 4. The minimum atomic E-state index is -0.0579. The van der Waals surface area contributed by atoms with Gasteiger partial charge in [-0.25, -0.2) is 4.39 Å². The molecule has 1 heteroatoms. The molecule has 1 atom stereocenters. The third-order valence-corrected chi connectivity index (χ3v) is 1.59. The van der Waals surface area contributed by atoms with Crippen LogP contribution in [0.3, 0.4) is 0 Å². The van der Waals surface area contributed by atoms with Crippen LogP contribution in [0.2, 0.25) is 0 Å². The van der Waals surface area contributed by atoms with E-state index in [0.717, 1.165) is 5.57 Å². The van der Waals surface area contributed by atoms with Gasteiger partial charge < -0.3 is 0 Å². The topological polar surface area (TPSA) is 0 Å². The molecule has 0 spiro atoms. The molecule has 1 aliphatic rings. The molecule has 0 fully saturated rings. The fourth-order valence-corrected chi connectivity index (χ4v) is 0.722. The van der Waals surface area contributed by atoms with Crippen LogP contribution < -0.4 is 0 Å². The van der Waals surface area contributed by atoms with Gasteiger partial charge in [0.2, 0.25) is 0 Å². The molecule has 0 aromatic rings. The van der Waals surface area contributed by atoms with E-state index in [-0.39, 0.29) is 5.83 Å². The molecule has 0 N–H and O–H groups in total. The van der Waals surface area contributed by atoms with Gasteiger partial charge in [-0.2, -0.15) is 0 Å². The zero-order valence-corrected chi connectivity index (χ0v) is 5.11. The zero-order valence-electron chi connectivity index (χ0n) is 5.11. The van der Waals surface area contributed by atoms with Crippen LogP contribution in [0.15, 0.2) is 23.6 Å². The van der Waals surface area contributed by atoms with E-state index in [4.69, 9.17) is 0 Å². The van der Waals surface area contributed by atoms with Gasteiger partial charge >= 0.3 is 0 Å². The Morgan fingerprint density at radius 3 is 2.38 bits per heavy atom. The second-order valence-electron chi connectivity index (χ2n) is 2.18. The van der Waals surface area contributed by atoms with Crippen LogP contribution >= 0.6 is 0 Å². The molecule has 44 valence electrons. The molecular weight excluding hydrogens is 103 g/mol. The lowest BCUT2D eigenvalue weighted by Gasteiger charge is -1.97. The van der Waals surface area contributed by atoms with Crippen LogP contribution in [0.4, 0.5) is 4.39 Å². The predicted molar refractivity (Wildman–Crippen MR) is 32.1 cm³/mol. The number of halogens is 1. The first kappa shape index (κ1) is 5.54. The highest BCUT2D eigenvalue weighted by molar-refractivity contribution is 5.29. The highest BCUT2D eigenvalue weighted by Gasteiger charge is 2.10. The smallest absolute Gasteiger partial charge is 0.122 e. The monoisotopic (exact) mass is 112 g/mol. The molecule has 0 radical (unpaired) electrons. The van der Waals surface area contributed by atoms with Crippen LogP contribution in [-0.2, 0) is 0 Å². The van der Waals surface area contributed by atoms with E-state index in [0.29, 0.717) is 5.92 Å². The number of rotatable bonds is 0. The summed E-state index contributed by atoms with van der Waals surface area (Å²) in [5.41, 5.74) is 0.852. The van der Waals surface area contributed by atoms with Gasteiger partial charge in [0.05, 0.1) is 0 Å². The Bertz CT molecular complexity index is 154. The fraction of sp³-hybridized carbons (Fsp3) is 0.429. The van der Waals surface area contributed by atoms with Gasteiger partial charge in [0.25, 0.3) is 0 Å². The lowest BCUT2D eigenvalue weighted by Crippen LogP contribution is -1.85. The van der Waals surface area contributed by atoms with Crippen LogP contribution in [0.1, 0.15) is 13.8 Å². The molecule has 1 rings (SSSR count). The number of hydrogen-bond acceptors (Lipinski definition) is 0. The van der Waals surface area contributed by atoms with Gasteiger partial charge in [-0.05, 0) is 24.5 Å². The highest BCUT2D eigenvalue weighted by Crippen LogP contribution is 2.24. The molecule has 0 aromatic heterocycles. The fourth-order valence-electron chi connectivity index (χ4n) is 0.722. The van der Waals surface area contributed by atoms with E-state index in [9.17, 15) is 4.39 Å². The summed E-state index contributed by atoms with van der Waals surface area (Å²) >= 11 is 0. The van der Waals surface area contributed by atoms with Gasteiger partial charge in [0.15, 0.2) is 0 Å². The third kappa shape index (κ3) is 0.683. The molecule has 0 aliphatic heterocycles. The Hall–Kier alpha value is -0.590. The van der Waals surface area contributed by atoms with Crippen molar-refractivity contribution in [2.45, 2.75) is 13.8 Å². The normalized spacial score (nSPS) is 27.6. The summed E-state index contributed by atoms with van der Waals surface area (Å²) in [6.45, 7) is 3.80. The van der Waals surface area contributed by atoms with Gasteiger partial charge in [0.1, 0.15) is 5.83 Å². The SMILES string of the molecule is CC1=C(F)C=CC1C. The van der Waals surface area contributed by atoms with Crippen LogP contribution in [0.5, 0.6) is 0 Å². The quantitative estimate of drug-likeness (QED) is 0.451. The summed E-state index contributed by atoms with van der Waals surface area (Å²) in [6.07, 6.45) is 3.39.